The van der Waals surface area contributed by atoms with Gasteiger partial charge in [0.25, 0.3) is 0 Å². The van der Waals surface area contributed by atoms with Gasteiger partial charge in [0, 0.05) is 18.5 Å². The molecule has 110 valence electrons. The summed E-state index contributed by atoms with van der Waals surface area (Å²) in [5.74, 6) is 0.992. The van der Waals surface area contributed by atoms with Crippen molar-refractivity contribution >= 4 is 5.91 Å². The molecule has 0 bridgehead atoms. The largest absolute Gasteiger partial charge is 0.353 e. The average Bonchev–Trinajstić information content (AvgIpc) is 3.09. The molecule has 2 aliphatic carbocycles. The van der Waals surface area contributed by atoms with Crippen LogP contribution in [-0.2, 0) is 4.79 Å². The number of rotatable bonds is 6. The van der Waals surface area contributed by atoms with E-state index in [1.807, 2.05) is 0 Å². The molecule has 2 fully saturated rings. The third-order valence-corrected chi connectivity index (χ3v) is 4.62. The van der Waals surface area contributed by atoms with Crippen LogP contribution in [0.25, 0.3) is 0 Å². The summed E-state index contributed by atoms with van der Waals surface area (Å²) >= 11 is 0. The van der Waals surface area contributed by atoms with Crippen molar-refractivity contribution in [1.29, 1.82) is 0 Å². The van der Waals surface area contributed by atoms with Gasteiger partial charge in [-0.05, 0) is 56.4 Å². The zero-order chi connectivity index (χ0) is 13.9. The fraction of sp³-hybridized carbons (Fsp3) is 0.938. The molecule has 0 spiro atoms. The fourth-order valence-electron chi connectivity index (χ4n) is 3.31. The summed E-state index contributed by atoms with van der Waals surface area (Å²) in [6, 6.07) is 1.15. The van der Waals surface area contributed by atoms with Crippen LogP contribution in [0.2, 0.25) is 0 Å². The number of hydrogen-bond donors (Lipinski definition) is 2. The lowest BCUT2D eigenvalue weighted by molar-refractivity contribution is -0.121. The van der Waals surface area contributed by atoms with Crippen LogP contribution in [0.15, 0.2) is 0 Å². The van der Waals surface area contributed by atoms with Crippen LogP contribution in [0.4, 0.5) is 0 Å². The van der Waals surface area contributed by atoms with E-state index in [1.54, 1.807) is 0 Å². The van der Waals surface area contributed by atoms with Gasteiger partial charge in [0.2, 0.25) is 5.91 Å². The van der Waals surface area contributed by atoms with E-state index >= 15 is 0 Å². The first-order valence-electron chi connectivity index (χ1n) is 7.99. The molecular weight excluding hydrogens is 236 g/mol. The Balaban J connectivity index is 1.56. The van der Waals surface area contributed by atoms with Crippen LogP contribution >= 0.6 is 0 Å². The van der Waals surface area contributed by atoms with E-state index < -0.39 is 0 Å². The molecule has 2 aliphatic rings. The van der Waals surface area contributed by atoms with E-state index in [9.17, 15) is 4.79 Å². The summed E-state index contributed by atoms with van der Waals surface area (Å²) in [6.45, 7) is 8.09. The topological polar surface area (TPSA) is 41.1 Å². The van der Waals surface area contributed by atoms with Gasteiger partial charge < -0.3 is 10.6 Å². The molecular formula is C16H30N2O. The maximum Gasteiger partial charge on any atom is 0.220 e. The Hall–Kier alpha value is -0.570. The smallest absolute Gasteiger partial charge is 0.220 e. The standard InChI is InChI=1S/C16H30N2O/c1-12-11-16(2,3)9-8-14(12)17-10-4-5-15(19)18-13-6-7-13/h12-14,17H,4-11H2,1-3H3,(H,18,19). The summed E-state index contributed by atoms with van der Waals surface area (Å²) < 4.78 is 0. The molecule has 3 heteroatoms. The van der Waals surface area contributed by atoms with Gasteiger partial charge >= 0.3 is 0 Å². The Morgan fingerprint density at radius 1 is 1.26 bits per heavy atom. The summed E-state index contributed by atoms with van der Waals surface area (Å²) in [5, 5.41) is 6.70. The molecule has 19 heavy (non-hydrogen) atoms. The van der Waals surface area contributed by atoms with Crippen LogP contribution in [0.3, 0.4) is 0 Å². The van der Waals surface area contributed by atoms with Gasteiger partial charge in [-0.1, -0.05) is 20.8 Å². The third kappa shape index (κ3) is 5.13. The Morgan fingerprint density at radius 3 is 2.63 bits per heavy atom. The minimum Gasteiger partial charge on any atom is -0.353 e. The Bertz CT molecular complexity index is 310. The molecule has 2 saturated carbocycles. The second-order valence-electron chi connectivity index (χ2n) is 7.39. The van der Waals surface area contributed by atoms with Crippen molar-refractivity contribution < 1.29 is 4.79 Å². The highest BCUT2D eigenvalue weighted by molar-refractivity contribution is 5.76. The normalized spacial score (nSPS) is 30.1. The van der Waals surface area contributed by atoms with Crippen LogP contribution in [-0.4, -0.2) is 24.5 Å². The van der Waals surface area contributed by atoms with Crippen molar-refractivity contribution in [2.24, 2.45) is 11.3 Å². The molecule has 0 aromatic heterocycles. The molecule has 0 aromatic carbocycles. The summed E-state index contributed by atoms with van der Waals surface area (Å²) in [6.07, 6.45) is 7.91. The molecule has 0 heterocycles. The van der Waals surface area contributed by atoms with Crippen molar-refractivity contribution in [2.75, 3.05) is 6.54 Å². The quantitative estimate of drug-likeness (QED) is 0.726. The van der Waals surface area contributed by atoms with Crippen molar-refractivity contribution in [3.8, 4) is 0 Å². The van der Waals surface area contributed by atoms with Crippen LogP contribution in [0.5, 0.6) is 0 Å². The summed E-state index contributed by atoms with van der Waals surface area (Å²) in [5.41, 5.74) is 0.516. The van der Waals surface area contributed by atoms with Crippen LogP contribution in [0.1, 0.15) is 65.7 Å². The SMILES string of the molecule is CC1CC(C)(C)CCC1NCCCC(=O)NC1CC1. The number of nitrogens with one attached hydrogen (secondary N) is 2. The Morgan fingerprint density at radius 2 is 2.00 bits per heavy atom. The number of amides is 1. The zero-order valence-corrected chi connectivity index (χ0v) is 12.8. The van der Waals surface area contributed by atoms with Crippen molar-refractivity contribution in [3.05, 3.63) is 0 Å². The van der Waals surface area contributed by atoms with Gasteiger partial charge in [-0.2, -0.15) is 0 Å². The predicted octanol–water partition coefficient (Wildman–Crippen LogP) is 2.85. The molecule has 0 saturated heterocycles. The maximum atomic E-state index is 11.6. The van der Waals surface area contributed by atoms with Crippen molar-refractivity contribution in [2.45, 2.75) is 77.8 Å². The lowest BCUT2D eigenvalue weighted by Gasteiger charge is -2.39. The second-order valence-corrected chi connectivity index (χ2v) is 7.39. The first-order chi connectivity index (χ1) is 8.96. The van der Waals surface area contributed by atoms with Gasteiger partial charge in [0.15, 0.2) is 0 Å². The highest BCUT2D eigenvalue weighted by Gasteiger charge is 2.31. The zero-order valence-electron chi connectivity index (χ0n) is 12.8. The average molecular weight is 266 g/mol. The first kappa shape index (κ1) is 14.8. The monoisotopic (exact) mass is 266 g/mol. The third-order valence-electron chi connectivity index (χ3n) is 4.62. The maximum absolute atomic E-state index is 11.6. The number of hydrogen-bond acceptors (Lipinski definition) is 2. The minimum atomic E-state index is 0.238. The Kier molecular flexibility index (Phi) is 4.88. The van der Waals surface area contributed by atoms with E-state index in [4.69, 9.17) is 0 Å². The van der Waals surface area contributed by atoms with Crippen molar-refractivity contribution in [1.82, 2.24) is 10.6 Å². The molecule has 2 unspecified atom stereocenters. The van der Waals surface area contributed by atoms with E-state index in [-0.39, 0.29) is 5.91 Å². The molecule has 0 radical (unpaired) electrons. The van der Waals surface area contributed by atoms with Crippen LogP contribution in [0, 0.1) is 11.3 Å². The summed E-state index contributed by atoms with van der Waals surface area (Å²) in [7, 11) is 0. The molecule has 1 amide bonds. The minimum absolute atomic E-state index is 0.238. The number of carbonyl (C=O) groups is 1. The van der Waals surface area contributed by atoms with E-state index in [0.29, 0.717) is 23.9 Å². The molecule has 3 nitrogen and oxygen atoms in total. The molecule has 2 N–H and O–H groups in total. The van der Waals surface area contributed by atoms with Crippen LogP contribution < -0.4 is 10.6 Å². The lowest BCUT2D eigenvalue weighted by atomic mass is 9.70. The second kappa shape index (κ2) is 6.25. The molecule has 0 aliphatic heterocycles. The van der Waals surface area contributed by atoms with Gasteiger partial charge in [0.05, 0.1) is 0 Å². The summed E-state index contributed by atoms with van der Waals surface area (Å²) in [4.78, 5) is 11.6. The first-order valence-corrected chi connectivity index (χ1v) is 7.99. The molecule has 0 aromatic rings. The lowest BCUT2D eigenvalue weighted by Crippen LogP contribution is -2.42. The molecule has 2 rings (SSSR count). The van der Waals surface area contributed by atoms with Gasteiger partial charge in [-0.15, -0.1) is 0 Å². The van der Waals surface area contributed by atoms with Crippen molar-refractivity contribution in [3.63, 3.8) is 0 Å². The highest BCUT2D eigenvalue weighted by Crippen LogP contribution is 2.38. The van der Waals surface area contributed by atoms with E-state index in [0.717, 1.165) is 18.9 Å². The Labute approximate surface area is 117 Å². The van der Waals surface area contributed by atoms with E-state index in [2.05, 4.69) is 31.4 Å². The molecule has 2 atom stereocenters. The highest BCUT2D eigenvalue weighted by atomic mass is 16.1. The number of carbonyl (C=O) groups excluding carboxylic acids is 1. The van der Waals surface area contributed by atoms with E-state index in [1.165, 1.54) is 32.1 Å². The van der Waals surface area contributed by atoms with Gasteiger partial charge in [0.1, 0.15) is 0 Å². The predicted molar refractivity (Wildman–Crippen MR) is 79.0 cm³/mol. The van der Waals surface area contributed by atoms with Gasteiger partial charge in [-0.25, -0.2) is 0 Å². The fourth-order valence-corrected chi connectivity index (χ4v) is 3.31. The van der Waals surface area contributed by atoms with Gasteiger partial charge in [-0.3, -0.25) is 4.79 Å².